The second kappa shape index (κ2) is 11.7. The standard InChI is InChI=1S/C24H29ClN2O5/c1-2-31-22(23(28)29)15-17-5-11-21(12-6-17)32-14-13-27(16-18-3-4-18)24(30)26-20-9-7-19(25)8-10-20/h5-12,18,22H,2-4,13-16H2,1H3,(H,26,30)(H,28,29). The first-order chi connectivity index (χ1) is 15.4. The maximum absolute atomic E-state index is 12.7. The molecule has 2 N–H and O–H groups in total. The third kappa shape index (κ3) is 7.73. The molecule has 7 nitrogen and oxygen atoms in total. The van der Waals surface area contributed by atoms with Gasteiger partial charge in [-0.1, -0.05) is 23.7 Å². The Bertz CT molecular complexity index is 884. The highest BCUT2D eigenvalue weighted by molar-refractivity contribution is 6.30. The molecular weight excluding hydrogens is 432 g/mol. The zero-order valence-electron chi connectivity index (χ0n) is 18.1. The highest BCUT2D eigenvalue weighted by Gasteiger charge is 2.27. The second-order valence-electron chi connectivity index (χ2n) is 7.81. The fourth-order valence-corrected chi connectivity index (χ4v) is 3.38. The van der Waals surface area contributed by atoms with Crippen molar-refractivity contribution >= 4 is 29.3 Å². The highest BCUT2D eigenvalue weighted by atomic mass is 35.5. The van der Waals surface area contributed by atoms with Gasteiger partial charge in [-0.15, -0.1) is 0 Å². The van der Waals surface area contributed by atoms with Crippen LogP contribution in [-0.2, 0) is 16.0 Å². The molecule has 172 valence electrons. The SMILES string of the molecule is CCOC(Cc1ccc(OCCN(CC2CC2)C(=O)Nc2ccc(Cl)cc2)cc1)C(=O)O. The summed E-state index contributed by atoms with van der Waals surface area (Å²) in [4.78, 5) is 25.7. The molecule has 8 heteroatoms. The summed E-state index contributed by atoms with van der Waals surface area (Å²) in [7, 11) is 0. The monoisotopic (exact) mass is 460 g/mol. The summed E-state index contributed by atoms with van der Waals surface area (Å²) in [6, 6.07) is 14.1. The largest absolute Gasteiger partial charge is 0.492 e. The maximum atomic E-state index is 12.7. The molecule has 1 atom stereocenters. The van der Waals surface area contributed by atoms with Crippen molar-refractivity contribution < 1.29 is 24.2 Å². The zero-order valence-corrected chi connectivity index (χ0v) is 18.9. The average Bonchev–Trinajstić information content (AvgIpc) is 3.59. The second-order valence-corrected chi connectivity index (χ2v) is 8.24. The van der Waals surface area contributed by atoms with Gasteiger partial charge in [-0.05, 0) is 67.6 Å². The molecule has 1 fully saturated rings. The number of amides is 2. The maximum Gasteiger partial charge on any atom is 0.333 e. The first kappa shape index (κ1) is 23.9. The number of nitrogens with zero attached hydrogens (tertiary/aromatic N) is 1. The number of benzene rings is 2. The van der Waals surface area contributed by atoms with Gasteiger partial charge in [0.15, 0.2) is 6.10 Å². The number of carboxylic acids is 1. The van der Waals surface area contributed by atoms with Crippen molar-refractivity contribution in [2.24, 2.45) is 5.92 Å². The van der Waals surface area contributed by atoms with Gasteiger partial charge in [0, 0.05) is 30.3 Å². The van der Waals surface area contributed by atoms with Crippen molar-refractivity contribution in [1.29, 1.82) is 0 Å². The lowest BCUT2D eigenvalue weighted by Crippen LogP contribution is -2.39. The number of carbonyl (C=O) groups excluding carboxylic acids is 1. The molecule has 3 rings (SSSR count). The number of ether oxygens (including phenoxy) is 2. The molecule has 0 heterocycles. The number of hydrogen-bond donors (Lipinski definition) is 2. The van der Waals surface area contributed by atoms with Crippen LogP contribution >= 0.6 is 11.6 Å². The van der Waals surface area contributed by atoms with Crippen molar-refractivity contribution in [3.05, 3.63) is 59.1 Å². The molecule has 0 saturated heterocycles. The Morgan fingerprint density at radius 2 is 1.84 bits per heavy atom. The summed E-state index contributed by atoms with van der Waals surface area (Å²) < 4.78 is 11.1. The summed E-state index contributed by atoms with van der Waals surface area (Å²) in [5.41, 5.74) is 1.55. The number of hydrogen-bond acceptors (Lipinski definition) is 4. The Labute approximate surface area is 193 Å². The van der Waals surface area contributed by atoms with E-state index in [4.69, 9.17) is 21.1 Å². The van der Waals surface area contributed by atoms with Gasteiger partial charge in [-0.3, -0.25) is 0 Å². The van der Waals surface area contributed by atoms with E-state index in [0.717, 1.165) is 18.4 Å². The van der Waals surface area contributed by atoms with Crippen LogP contribution in [0.15, 0.2) is 48.5 Å². The van der Waals surface area contributed by atoms with E-state index in [0.29, 0.717) is 55.1 Å². The minimum absolute atomic E-state index is 0.159. The zero-order chi connectivity index (χ0) is 22.9. The van der Waals surface area contributed by atoms with Crippen molar-refractivity contribution in [3.63, 3.8) is 0 Å². The number of nitrogens with one attached hydrogen (secondary N) is 1. The molecule has 2 amide bonds. The van der Waals surface area contributed by atoms with Gasteiger partial charge in [0.2, 0.25) is 0 Å². The average molecular weight is 461 g/mol. The lowest BCUT2D eigenvalue weighted by Gasteiger charge is -2.23. The van der Waals surface area contributed by atoms with Gasteiger partial charge in [0.05, 0.1) is 6.54 Å². The van der Waals surface area contributed by atoms with Crippen LogP contribution in [0.4, 0.5) is 10.5 Å². The van der Waals surface area contributed by atoms with E-state index in [1.54, 1.807) is 48.2 Å². The van der Waals surface area contributed by atoms with Crippen LogP contribution < -0.4 is 10.1 Å². The Kier molecular flexibility index (Phi) is 8.76. The van der Waals surface area contributed by atoms with Crippen LogP contribution in [0.1, 0.15) is 25.3 Å². The number of anilines is 1. The van der Waals surface area contributed by atoms with Crippen molar-refractivity contribution in [3.8, 4) is 5.75 Å². The third-order valence-corrected chi connectivity index (χ3v) is 5.43. The summed E-state index contributed by atoms with van der Waals surface area (Å²) in [6.07, 6.45) is 1.73. The lowest BCUT2D eigenvalue weighted by molar-refractivity contribution is -0.149. The topological polar surface area (TPSA) is 88.1 Å². The number of halogens is 1. The molecule has 1 unspecified atom stereocenters. The van der Waals surface area contributed by atoms with E-state index in [2.05, 4.69) is 5.32 Å². The Morgan fingerprint density at radius 1 is 1.16 bits per heavy atom. The van der Waals surface area contributed by atoms with Gasteiger partial charge < -0.3 is 24.8 Å². The van der Waals surface area contributed by atoms with Gasteiger partial charge >= 0.3 is 12.0 Å². The highest BCUT2D eigenvalue weighted by Crippen LogP contribution is 2.30. The van der Waals surface area contributed by atoms with Gasteiger partial charge in [0.25, 0.3) is 0 Å². The molecule has 1 aliphatic rings. The van der Waals surface area contributed by atoms with Crippen LogP contribution in [0, 0.1) is 5.92 Å². The molecule has 0 bridgehead atoms. The van der Waals surface area contributed by atoms with E-state index in [1.165, 1.54) is 0 Å². The quantitative estimate of drug-likeness (QED) is 0.479. The van der Waals surface area contributed by atoms with Crippen LogP contribution in [0.25, 0.3) is 0 Å². The summed E-state index contributed by atoms with van der Waals surface area (Å²) in [5, 5.41) is 12.7. The van der Waals surface area contributed by atoms with Gasteiger partial charge in [-0.25, -0.2) is 9.59 Å². The van der Waals surface area contributed by atoms with Gasteiger partial charge in [-0.2, -0.15) is 0 Å². The predicted octanol–water partition coefficient (Wildman–Crippen LogP) is 4.70. The molecule has 1 saturated carbocycles. The summed E-state index contributed by atoms with van der Waals surface area (Å²) in [6.45, 7) is 3.64. The Balaban J connectivity index is 1.50. The van der Waals surface area contributed by atoms with Crippen LogP contribution in [-0.4, -0.2) is 54.4 Å². The minimum atomic E-state index is -0.972. The molecule has 0 radical (unpaired) electrons. The van der Waals surface area contributed by atoms with E-state index in [9.17, 15) is 14.7 Å². The van der Waals surface area contributed by atoms with Crippen LogP contribution in [0.2, 0.25) is 5.02 Å². The van der Waals surface area contributed by atoms with E-state index in [1.807, 2.05) is 12.1 Å². The molecule has 0 spiro atoms. The van der Waals surface area contributed by atoms with E-state index >= 15 is 0 Å². The van der Waals surface area contributed by atoms with E-state index < -0.39 is 12.1 Å². The molecule has 0 aliphatic heterocycles. The van der Waals surface area contributed by atoms with E-state index in [-0.39, 0.29) is 6.03 Å². The molecule has 32 heavy (non-hydrogen) atoms. The Hall–Kier alpha value is -2.77. The van der Waals surface area contributed by atoms with Gasteiger partial charge in [0.1, 0.15) is 12.4 Å². The molecule has 0 aromatic heterocycles. The molecular formula is C24H29ClN2O5. The molecule has 2 aromatic carbocycles. The van der Waals surface area contributed by atoms with Crippen molar-refractivity contribution in [1.82, 2.24) is 4.90 Å². The number of rotatable bonds is 12. The first-order valence-electron chi connectivity index (χ1n) is 10.8. The number of aliphatic carboxylic acids is 1. The number of carbonyl (C=O) groups is 2. The summed E-state index contributed by atoms with van der Waals surface area (Å²) in [5.74, 6) is 0.249. The van der Waals surface area contributed by atoms with Crippen LogP contribution in [0.3, 0.4) is 0 Å². The smallest absolute Gasteiger partial charge is 0.333 e. The fraction of sp³-hybridized carbons (Fsp3) is 0.417. The van der Waals surface area contributed by atoms with Crippen LogP contribution in [0.5, 0.6) is 5.75 Å². The van der Waals surface area contributed by atoms with Crippen molar-refractivity contribution in [2.45, 2.75) is 32.3 Å². The van der Waals surface area contributed by atoms with Crippen molar-refractivity contribution in [2.75, 3.05) is 31.6 Å². The fourth-order valence-electron chi connectivity index (χ4n) is 3.25. The third-order valence-electron chi connectivity index (χ3n) is 5.18. The number of carboxylic acid groups (broad SMARTS) is 1. The minimum Gasteiger partial charge on any atom is -0.492 e. The Morgan fingerprint density at radius 3 is 2.44 bits per heavy atom. The summed E-state index contributed by atoms with van der Waals surface area (Å²) >= 11 is 5.90. The first-order valence-corrected chi connectivity index (χ1v) is 11.2. The molecule has 2 aromatic rings. The molecule has 1 aliphatic carbocycles. The number of urea groups is 1. The lowest BCUT2D eigenvalue weighted by atomic mass is 10.1. The predicted molar refractivity (Wildman–Crippen MR) is 123 cm³/mol. The normalized spacial score (nSPS) is 13.9.